The fourth-order valence-corrected chi connectivity index (χ4v) is 0. The number of rotatable bonds is 0. The molecular formula is C4H7LiO9. The third-order valence-electron chi connectivity index (χ3n) is 0.366. The third kappa shape index (κ3) is 22.4. The van der Waals surface area contributed by atoms with Crippen LogP contribution in [0.5, 0.6) is 0 Å². The van der Waals surface area contributed by atoms with Crippen LogP contribution < -0.4 is 0 Å². The molecule has 9 nitrogen and oxygen atoms in total. The third-order valence-corrected chi connectivity index (χ3v) is 0.366. The molecule has 6 N–H and O–H groups in total. The van der Waals surface area contributed by atoms with E-state index in [1.54, 1.807) is 0 Å². The van der Waals surface area contributed by atoms with Gasteiger partial charge in [-0.05, 0) is 0 Å². The van der Waals surface area contributed by atoms with Crippen molar-refractivity contribution in [1.82, 2.24) is 0 Å². The van der Waals surface area contributed by atoms with Gasteiger partial charge in [-0.1, -0.05) is 0 Å². The van der Waals surface area contributed by atoms with Gasteiger partial charge in [0.15, 0.2) is 0 Å². The first kappa shape index (κ1) is 22.9. The van der Waals surface area contributed by atoms with Gasteiger partial charge in [-0.15, -0.1) is 0 Å². The van der Waals surface area contributed by atoms with Crippen LogP contribution in [0.3, 0.4) is 0 Å². The van der Waals surface area contributed by atoms with E-state index in [2.05, 4.69) is 0 Å². The van der Waals surface area contributed by atoms with Crippen LogP contribution in [-0.2, 0) is 19.2 Å². The topological polar surface area (TPSA) is 181 Å². The van der Waals surface area contributed by atoms with Gasteiger partial charge in [0.25, 0.3) is 0 Å². The number of carboxylic acids is 4. The number of carbonyl (C=O) groups is 4. The zero-order chi connectivity index (χ0) is 10.3. The Morgan fingerprint density at radius 3 is 0.643 bits per heavy atom. The number of hydrogen-bond acceptors (Lipinski definition) is 4. The fraction of sp³-hybridized carbons (Fsp3) is 0. The van der Waals surface area contributed by atoms with Gasteiger partial charge in [0.1, 0.15) is 0 Å². The number of carboxylic acid groups (broad SMARTS) is 4. The molecule has 0 atom stereocenters. The average molecular weight is 206 g/mol. The van der Waals surface area contributed by atoms with Crippen molar-refractivity contribution in [2.45, 2.75) is 0 Å². The Bertz CT molecular complexity index is 173. The van der Waals surface area contributed by atoms with Crippen LogP contribution in [-0.4, -0.2) is 68.6 Å². The van der Waals surface area contributed by atoms with E-state index in [0.717, 1.165) is 0 Å². The number of aliphatic carboxylic acids is 4. The second-order valence-corrected chi connectivity index (χ2v) is 1.22. The van der Waals surface area contributed by atoms with Crippen molar-refractivity contribution >= 4 is 42.7 Å². The predicted octanol–water partition coefficient (Wildman–Crippen LogP) is -3.16. The normalized spacial score (nSPS) is 6.29. The molecule has 0 amide bonds. The molecule has 0 saturated carbocycles. The molecule has 0 spiro atoms. The maximum atomic E-state index is 9.10. The first-order valence-corrected chi connectivity index (χ1v) is 2.21. The summed E-state index contributed by atoms with van der Waals surface area (Å²) < 4.78 is 0. The summed E-state index contributed by atoms with van der Waals surface area (Å²) in [5.41, 5.74) is 0. The molecule has 0 aromatic heterocycles. The zero-order valence-electron chi connectivity index (χ0n) is 5.92. The molecule has 14 heavy (non-hydrogen) atoms. The summed E-state index contributed by atoms with van der Waals surface area (Å²) in [5.74, 6) is -7.30. The van der Waals surface area contributed by atoms with E-state index in [9.17, 15) is 0 Å². The van der Waals surface area contributed by atoms with Crippen molar-refractivity contribution in [1.29, 1.82) is 0 Å². The van der Waals surface area contributed by atoms with E-state index in [-0.39, 0.29) is 24.3 Å². The van der Waals surface area contributed by atoms with Crippen molar-refractivity contribution in [2.75, 3.05) is 0 Å². The van der Waals surface area contributed by atoms with Crippen molar-refractivity contribution in [2.24, 2.45) is 0 Å². The molecule has 10 heteroatoms. The van der Waals surface area contributed by atoms with Crippen molar-refractivity contribution in [3.63, 3.8) is 0 Å². The molecule has 0 bridgehead atoms. The maximum absolute atomic E-state index is 9.10. The molecule has 0 aliphatic carbocycles. The molecule has 0 saturated heterocycles. The van der Waals surface area contributed by atoms with Gasteiger partial charge >= 0.3 is 42.7 Å². The van der Waals surface area contributed by atoms with E-state index in [1.165, 1.54) is 0 Å². The standard InChI is InChI=1S/2C2H2O4.Li.H2O.H/c2*3-1(4)2(5)6;;;/h2*(H,3,4)(H,5,6);;1H2;. The Morgan fingerprint density at radius 1 is 0.571 bits per heavy atom. The average Bonchev–Trinajstić information content (AvgIpc) is 1.88. The summed E-state index contributed by atoms with van der Waals surface area (Å²) in [6, 6.07) is 0. The Labute approximate surface area is 88.4 Å². The van der Waals surface area contributed by atoms with E-state index in [0.29, 0.717) is 0 Å². The van der Waals surface area contributed by atoms with Crippen LogP contribution in [0, 0.1) is 0 Å². The zero-order valence-corrected chi connectivity index (χ0v) is 5.92. The molecule has 0 unspecified atom stereocenters. The van der Waals surface area contributed by atoms with Gasteiger partial charge in [-0.2, -0.15) is 0 Å². The van der Waals surface area contributed by atoms with Crippen LogP contribution in [0.15, 0.2) is 0 Å². The quantitative estimate of drug-likeness (QED) is 0.236. The summed E-state index contributed by atoms with van der Waals surface area (Å²) in [6.45, 7) is 0. The second-order valence-electron chi connectivity index (χ2n) is 1.22. The van der Waals surface area contributed by atoms with Gasteiger partial charge in [0.05, 0.1) is 0 Å². The molecule has 0 aliphatic rings. The van der Waals surface area contributed by atoms with Gasteiger partial charge in [0, 0.05) is 0 Å². The minimum absolute atomic E-state index is 0. The summed E-state index contributed by atoms with van der Waals surface area (Å²) in [5, 5.41) is 29.6. The summed E-state index contributed by atoms with van der Waals surface area (Å²) in [7, 11) is 0. The SMILES string of the molecule is O.O=C(O)C(=O)O.O=C(O)C(=O)O.[LiH]. The van der Waals surface area contributed by atoms with Crippen LogP contribution in [0.4, 0.5) is 0 Å². The molecule has 0 fully saturated rings. The van der Waals surface area contributed by atoms with E-state index >= 15 is 0 Å². The Kier molecular flexibility index (Phi) is 18.7. The van der Waals surface area contributed by atoms with E-state index < -0.39 is 23.9 Å². The molecule has 0 heterocycles. The van der Waals surface area contributed by atoms with Crippen LogP contribution >= 0.6 is 0 Å². The summed E-state index contributed by atoms with van der Waals surface area (Å²) in [6.07, 6.45) is 0. The molecule has 0 aromatic rings. The first-order valence-electron chi connectivity index (χ1n) is 2.21. The van der Waals surface area contributed by atoms with Gasteiger partial charge in [-0.25, -0.2) is 19.2 Å². The molecule has 0 radical (unpaired) electrons. The van der Waals surface area contributed by atoms with Gasteiger partial charge in [-0.3, -0.25) is 0 Å². The van der Waals surface area contributed by atoms with E-state index in [1.807, 2.05) is 0 Å². The molecular weight excluding hydrogens is 199 g/mol. The Hall–Kier alpha value is -1.56. The molecule has 78 valence electrons. The summed E-state index contributed by atoms with van der Waals surface area (Å²) >= 11 is 0. The van der Waals surface area contributed by atoms with Crippen LogP contribution in [0.2, 0.25) is 0 Å². The van der Waals surface area contributed by atoms with Gasteiger partial charge < -0.3 is 25.9 Å². The van der Waals surface area contributed by atoms with Crippen LogP contribution in [0.25, 0.3) is 0 Å². The first-order chi connectivity index (χ1) is 5.29. The van der Waals surface area contributed by atoms with E-state index in [4.69, 9.17) is 39.6 Å². The van der Waals surface area contributed by atoms with Gasteiger partial charge in [0.2, 0.25) is 0 Å². The number of hydrogen-bond donors (Lipinski definition) is 4. The van der Waals surface area contributed by atoms with Crippen LogP contribution in [0.1, 0.15) is 0 Å². The van der Waals surface area contributed by atoms with Crippen molar-refractivity contribution < 1.29 is 45.1 Å². The summed E-state index contributed by atoms with van der Waals surface area (Å²) in [4.78, 5) is 36.4. The minimum atomic E-state index is -1.82. The Balaban J connectivity index is -0.0000000625. The predicted molar refractivity (Wildman–Crippen MR) is 41.3 cm³/mol. The second kappa shape index (κ2) is 11.4. The van der Waals surface area contributed by atoms with Crippen molar-refractivity contribution in [3.05, 3.63) is 0 Å². The Morgan fingerprint density at radius 2 is 0.643 bits per heavy atom. The molecule has 0 aromatic carbocycles. The monoisotopic (exact) mass is 206 g/mol. The molecule has 0 aliphatic heterocycles. The fourth-order valence-electron chi connectivity index (χ4n) is 0. The molecule has 0 rings (SSSR count). The van der Waals surface area contributed by atoms with Crippen molar-refractivity contribution in [3.8, 4) is 0 Å².